The maximum atomic E-state index is 13.7. The molecule has 2 unspecified atom stereocenters. The van der Waals surface area contributed by atoms with Crippen LogP contribution in [0.15, 0.2) is 60.0 Å². The number of nitrogens with zero attached hydrogens (tertiary/aromatic N) is 4. The largest absolute Gasteiger partial charge is 0.497 e. The summed E-state index contributed by atoms with van der Waals surface area (Å²) in [7, 11) is 1.67. The van der Waals surface area contributed by atoms with Gasteiger partial charge in [0.25, 0.3) is 11.8 Å². The van der Waals surface area contributed by atoms with E-state index in [-0.39, 0.29) is 29.7 Å². The molecule has 208 valence electrons. The zero-order valence-electron chi connectivity index (χ0n) is 22.9. The van der Waals surface area contributed by atoms with Gasteiger partial charge in [0, 0.05) is 55.9 Å². The molecule has 0 saturated carbocycles. The van der Waals surface area contributed by atoms with Gasteiger partial charge in [0.2, 0.25) is 5.91 Å². The molecule has 0 radical (unpaired) electrons. The molecule has 2 aromatic carbocycles. The number of rotatable bonds is 6. The number of imide groups is 1. The molecule has 0 N–H and O–H groups in total. The van der Waals surface area contributed by atoms with Crippen molar-refractivity contribution in [2.75, 3.05) is 56.2 Å². The zero-order valence-corrected chi connectivity index (χ0v) is 23.7. The number of benzene rings is 2. The number of hydrogen-bond acceptors (Lipinski definition) is 7. The van der Waals surface area contributed by atoms with Crippen molar-refractivity contribution in [3.05, 3.63) is 76.0 Å². The van der Waals surface area contributed by atoms with Crippen LogP contribution in [0.4, 0.5) is 11.4 Å². The van der Waals surface area contributed by atoms with E-state index in [2.05, 4.69) is 15.9 Å². The number of ether oxygens (including phenoxy) is 1. The maximum Gasteiger partial charge on any atom is 0.264 e. The van der Waals surface area contributed by atoms with E-state index in [1.807, 2.05) is 59.7 Å². The molecule has 3 aliphatic rings. The first-order valence-corrected chi connectivity index (χ1v) is 14.8. The third-order valence-electron chi connectivity index (χ3n) is 8.39. The van der Waals surface area contributed by atoms with Gasteiger partial charge in [0.15, 0.2) is 0 Å². The molecule has 0 bridgehead atoms. The Labute approximate surface area is 238 Å². The minimum Gasteiger partial charge on any atom is -0.497 e. The van der Waals surface area contributed by atoms with Crippen LogP contribution < -0.4 is 14.5 Å². The van der Waals surface area contributed by atoms with Gasteiger partial charge in [0.05, 0.1) is 35.9 Å². The first kappa shape index (κ1) is 26.4. The highest BCUT2D eigenvalue weighted by atomic mass is 32.1. The third-order valence-corrected chi connectivity index (χ3v) is 9.43. The second-order valence-electron chi connectivity index (χ2n) is 10.7. The van der Waals surface area contributed by atoms with Crippen LogP contribution in [0, 0.1) is 5.92 Å². The molecule has 2 saturated heterocycles. The average Bonchev–Trinajstić information content (AvgIpc) is 3.64. The number of methoxy groups -OCH3 is 1. The Morgan fingerprint density at radius 2 is 1.75 bits per heavy atom. The van der Waals surface area contributed by atoms with Crippen molar-refractivity contribution in [3.63, 3.8) is 0 Å². The van der Waals surface area contributed by atoms with E-state index in [0.717, 1.165) is 54.5 Å². The number of piperazine rings is 1. The van der Waals surface area contributed by atoms with Crippen molar-refractivity contribution in [2.24, 2.45) is 5.92 Å². The van der Waals surface area contributed by atoms with E-state index in [9.17, 15) is 14.4 Å². The van der Waals surface area contributed by atoms with Crippen LogP contribution in [0.1, 0.15) is 51.4 Å². The first-order chi connectivity index (χ1) is 19.5. The summed E-state index contributed by atoms with van der Waals surface area (Å²) in [5, 5.41) is 1.96. The molecule has 4 heterocycles. The smallest absolute Gasteiger partial charge is 0.264 e. The van der Waals surface area contributed by atoms with Gasteiger partial charge in [-0.1, -0.05) is 18.2 Å². The molecule has 40 heavy (non-hydrogen) atoms. The Balaban J connectivity index is 1.15. The van der Waals surface area contributed by atoms with E-state index >= 15 is 0 Å². The summed E-state index contributed by atoms with van der Waals surface area (Å²) in [5.41, 5.74) is 2.79. The molecule has 3 amide bonds. The number of hydrogen-bond donors (Lipinski definition) is 0. The Kier molecular flexibility index (Phi) is 7.23. The first-order valence-electron chi connectivity index (χ1n) is 13.9. The second-order valence-corrected chi connectivity index (χ2v) is 11.6. The van der Waals surface area contributed by atoms with Crippen molar-refractivity contribution in [2.45, 2.75) is 25.8 Å². The molecule has 2 fully saturated rings. The van der Waals surface area contributed by atoms with Crippen LogP contribution in [-0.2, 0) is 4.79 Å². The van der Waals surface area contributed by atoms with Crippen LogP contribution in [-0.4, -0.2) is 73.9 Å². The lowest BCUT2D eigenvalue weighted by Gasteiger charge is -2.40. The summed E-state index contributed by atoms with van der Waals surface area (Å²) in [6.45, 7) is 6.11. The number of thiophene rings is 1. The van der Waals surface area contributed by atoms with Crippen molar-refractivity contribution < 1.29 is 19.1 Å². The van der Waals surface area contributed by atoms with Crippen molar-refractivity contribution in [3.8, 4) is 5.75 Å². The van der Waals surface area contributed by atoms with Crippen LogP contribution in [0.2, 0.25) is 0 Å². The van der Waals surface area contributed by atoms with Crippen LogP contribution in [0.25, 0.3) is 0 Å². The van der Waals surface area contributed by atoms with E-state index in [4.69, 9.17) is 4.74 Å². The van der Waals surface area contributed by atoms with Gasteiger partial charge in [-0.05, 0) is 55.5 Å². The number of carbonyl (C=O) groups excluding carboxylic acids is 3. The number of carbonyl (C=O) groups is 3. The highest BCUT2D eigenvalue weighted by Gasteiger charge is 2.42. The summed E-state index contributed by atoms with van der Waals surface area (Å²) in [6, 6.07) is 17.1. The molecule has 3 aromatic rings. The molecular weight excluding hydrogens is 524 g/mol. The van der Waals surface area contributed by atoms with Crippen LogP contribution in [0.3, 0.4) is 0 Å². The van der Waals surface area contributed by atoms with Gasteiger partial charge < -0.3 is 19.4 Å². The van der Waals surface area contributed by atoms with E-state index in [0.29, 0.717) is 30.8 Å². The standard InChI is InChI=1S/C31H34N4O4S/c1-21(27-12-6-18-40-27)35-30(37)25-10-4-11-26(28(25)31(35)38)34-13-5-7-22(20-34)29(36)33-16-14-32(15-17-33)23-8-3-9-24(19-23)39-2/h3-4,6,8-12,18-19,21-22H,5,7,13-17,20H2,1-2H3. The van der Waals surface area contributed by atoms with Crippen molar-refractivity contribution in [1.82, 2.24) is 9.80 Å². The quantitative estimate of drug-likeness (QED) is 0.409. The fourth-order valence-corrected chi connectivity index (χ4v) is 6.98. The van der Waals surface area contributed by atoms with E-state index in [1.54, 1.807) is 24.5 Å². The van der Waals surface area contributed by atoms with Crippen molar-refractivity contribution in [1.29, 1.82) is 0 Å². The minimum absolute atomic E-state index is 0.138. The van der Waals surface area contributed by atoms with Gasteiger partial charge in [-0.2, -0.15) is 0 Å². The Morgan fingerprint density at radius 1 is 0.950 bits per heavy atom. The molecule has 1 aromatic heterocycles. The zero-order chi connectivity index (χ0) is 27.8. The predicted octanol–water partition coefficient (Wildman–Crippen LogP) is 4.68. The number of fused-ring (bicyclic) bond motifs is 1. The summed E-state index contributed by atoms with van der Waals surface area (Å²) < 4.78 is 5.37. The second kappa shape index (κ2) is 11.0. The Bertz CT molecular complexity index is 1420. The topological polar surface area (TPSA) is 73.4 Å². The minimum atomic E-state index is -0.327. The van der Waals surface area contributed by atoms with E-state index in [1.165, 1.54) is 4.90 Å². The summed E-state index contributed by atoms with van der Waals surface area (Å²) in [6.07, 6.45) is 1.69. The molecule has 8 nitrogen and oxygen atoms in total. The summed E-state index contributed by atoms with van der Waals surface area (Å²) in [5.74, 6) is 0.370. The Morgan fingerprint density at radius 3 is 2.50 bits per heavy atom. The number of piperidine rings is 1. The Hall–Kier alpha value is -3.85. The molecule has 9 heteroatoms. The molecule has 3 aliphatic heterocycles. The van der Waals surface area contributed by atoms with Crippen LogP contribution in [0.5, 0.6) is 5.75 Å². The fourth-order valence-electron chi connectivity index (χ4n) is 6.21. The van der Waals surface area contributed by atoms with Gasteiger partial charge in [-0.15, -0.1) is 11.3 Å². The fraction of sp³-hybridized carbons (Fsp3) is 0.387. The number of anilines is 2. The monoisotopic (exact) mass is 558 g/mol. The van der Waals surface area contributed by atoms with Gasteiger partial charge in [-0.25, -0.2) is 0 Å². The summed E-state index contributed by atoms with van der Waals surface area (Å²) >= 11 is 1.54. The maximum absolute atomic E-state index is 13.7. The third kappa shape index (κ3) is 4.72. The van der Waals surface area contributed by atoms with Gasteiger partial charge in [-0.3, -0.25) is 19.3 Å². The van der Waals surface area contributed by atoms with E-state index < -0.39 is 0 Å². The lowest BCUT2D eigenvalue weighted by atomic mass is 9.94. The molecule has 0 aliphatic carbocycles. The van der Waals surface area contributed by atoms with Crippen LogP contribution >= 0.6 is 11.3 Å². The van der Waals surface area contributed by atoms with Gasteiger partial charge in [0.1, 0.15) is 5.75 Å². The highest BCUT2D eigenvalue weighted by Crippen LogP contribution is 2.38. The summed E-state index contributed by atoms with van der Waals surface area (Å²) in [4.78, 5) is 49.4. The average molecular weight is 559 g/mol. The molecule has 0 spiro atoms. The molecule has 6 rings (SSSR count). The highest BCUT2D eigenvalue weighted by molar-refractivity contribution is 7.10. The van der Waals surface area contributed by atoms with Gasteiger partial charge >= 0.3 is 0 Å². The lowest BCUT2D eigenvalue weighted by molar-refractivity contribution is -0.136. The normalized spacial score (nSPS) is 20.1. The van der Waals surface area contributed by atoms with Crippen molar-refractivity contribution >= 4 is 40.4 Å². The lowest BCUT2D eigenvalue weighted by Crippen LogP contribution is -2.52. The SMILES string of the molecule is COc1cccc(N2CCN(C(=O)C3CCCN(c4cccc5c4C(=O)N(C(C)c4cccs4)C5=O)C3)CC2)c1. The predicted molar refractivity (Wildman–Crippen MR) is 156 cm³/mol. The number of amides is 3. The molecule has 2 atom stereocenters. The molecular formula is C31H34N4O4S.